The topological polar surface area (TPSA) is 105 Å². The molecule has 0 spiro atoms. The van der Waals surface area contributed by atoms with E-state index in [9.17, 15) is 18.0 Å². The highest BCUT2D eigenvalue weighted by molar-refractivity contribution is 7.92. The molecule has 248 valence electrons. The van der Waals surface area contributed by atoms with E-state index in [-0.39, 0.29) is 35.3 Å². The van der Waals surface area contributed by atoms with Crippen molar-refractivity contribution < 1.29 is 27.5 Å². The molecule has 4 aromatic carbocycles. The van der Waals surface area contributed by atoms with Crippen LogP contribution in [0.4, 0.5) is 5.69 Å². The maximum absolute atomic E-state index is 14.7. The molecule has 4 rings (SSSR count). The molecule has 4 aromatic rings. The van der Waals surface area contributed by atoms with Crippen LogP contribution in [0, 0.1) is 0 Å². The summed E-state index contributed by atoms with van der Waals surface area (Å²) in [7, 11) is -1.51. The number of nitrogens with one attached hydrogen (secondary N) is 1. The molecule has 0 radical (unpaired) electrons. The second-order valence-electron chi connectivity index (χ2n) is 11.0. The fraction of sp³-hybridized carbons (Fsp3) is 0.257. The van der Waals surface area contributed by atoms with Gasteiger partial charge in [-0.25, -0.2) is 8.42 Å². The largest absolute Gasteiger partial charge is 0.497 e. The number of carbonyl (C=O) groups excluding carboxylic acids is 2. The average molecular weight is 699 g/mol. The summed E-state index contributed by atoms with van der Waals surface area (Å²) in [6, 6.07) is 25.3. The molecule has 47 heavy (non-hydrogen) atoms. The number of rotatable bonds is 14. The first-order valence-electron chi connectivity index (χ1n) is 14.8. The smallest absolute Gasteiger partial charge is 0.264 e. The van der Waals surface area contributed by atoms with E-state index >= 15 is 0 Å². The predicted octanol–water partition coefficient (Wildman–Crippen LogP) is 6.37. The van der Waals surface area contributed by atoms with Gasteiger partial charge in [0.15, 0.2) is 0 Å². The Balaban J connectivity index is 1.89. The summed E-state index contributed by atoms with van der Waals surface area (Å²) in [4.78, 5) is 29.9. The molecule has 0 aliphatic heterocycles. The van der Waals surface area contributed by atoms with E-state index in [0.717, 1.165) is 9.87 Å². The molecule has 0 bridgehead atoms. The Bertz CT molecular complexity index is 1770. The van der Waals surface area contributed by atoms with E-state index in [0.29, 0.717) is 21.4 Å². The number of hydrogen-bond donors (Lipinski definition) is 1. The first-order chi connectivity index (χ1) is 22.5. The van der Waals surface area contributed by atoms with Crippen LogP contribution in [-0.4, -0.2) is 58.0 Å². The van der Waals surface area contributed by atoms with Gasteiger partial charge in [-0.2, -0.15) is 0 Å². The molecule has 0 aliphatic rings. The molecule has 0 saturated heterocycles. The van der Waals surface area contributed by atoms with Crippen molar-refractivity contribution in [1.82, 2.24) is 10.2 Å². The van der Waals surface area contributed by atoms with Gasteiger partial charge in [-0.3, -0.25) is 13.9 Å². The second kappa shape index (κ2) is 16.0. The quantitative estimate of drug-likeness (QED) is 0.164. The summed E-state index contributed by atoms with van der Waals surface area (Å²) in [6.07, 6.45) is 0.140. The molecular formula is C35H37Cl2N3O6S. The lowest BCUT2D eigenvalue weighted by atomic mass is 10.0. The summed E-state index contributed by atoms with van der Waals surface area (Å²) in [5, 5.41) is 3.51. The van der Waals surface area contributed by atoms with Gasteiger partial charge in [-0.05, 0) is 55.8 Å². The number of carbonyl (C=O) groups is 2. The van der Waals surface area contributed by atoms with Gasteiger partial charge in [0, 0.05) is 40.7 Å². The van der Waals surface area contributed by atoms with Gasteiger partial charge in [-0.15, -0.1) is 0 Å². The van der Waals surface area contributed by atoms with E-state index in [1.54, 1.807) is 48.5 Å². The molecule has 0 fully saturated rings. The number of benzene rings is 4. The number of sulfonamides is 1. The summed E-state index contributed by atoms with van der Waals surface area (Å²) in [5.74, 6) is -0.557. The van der Waals surface area contributed by atoms with Crippen LogP contribution in [0.3, 0.4) is 0 Å². The molecule has 2 amide bonds. The third-order valence-electron chi connectivity index (χ3n) is 7.36. The minimum Gasteiger partial charge on any atom is -0.497 e. The number of ether oxygens (including phenoxy) is 2. The van der Waals surface area contributed by atoms with Crippen molar-refractivity contribution in [3.05, 3.63) is 118 Å². The Morgan fingerprint density at radius 3 is 2.02 bits per heavy atom. The van der Waals surface area contributed by atoms with Crippen LogP contribution in [-0.2, 0) is 32.6 Å². The summed E-state index contributed by atoms with van der Waals surface area (Å²) in [5.41, 5.74) is 1.28. The molecule has 0 aromatic heterocycles. The third kappa shape index (κ3) is 8.77. The van der Waals surface area contributed by atoms with Crippen LogP contribution < -0.4 is 19.1 Å². The number of amides is 2. The van der Waals surface area contributed by atoms with Crippen LogP contribution in [0.2, 0.25) is 10.0 Å². The lowest BCUT2D eigenvalue weighted by Crippen LogP contribution is -2.54. The zero-order chi connectivity index (χ0) is 34.1. The van der Waals surface area contributed by atoms with Crippen LogP contribution in [0.25, 0.3) is 0 Å². The molecule has 0 unspecified atom stereocenters. The first-order valence-corrected chi connectivity index (χ1v) is 17.0. The molecule has 1 N–H and O–H groups in total. The fourth-order valence-electron chi connectivity index (χ4n) is 5.01. The van der Waals surface area contributed by atoms with E-state index in [4.69, 9.17) is 32.7 Å². The van der Waals surface area contributed by atoms with Gasteiger partial charge in [0.25, 0.3) is 10.0 Å². The van der Waals surface area contributed by atoms with Crippen LogP contribution in [0.5, 0.6) is 11.5 Å². The van der Waals surface area contributed by atoms with Gasteiger partial charge in [0.05, 0.1) is 24.8 Å². The van der Waals surface area contributed by atoms with Gasteiger partial charge in [0.1, 0.15) is 24.1 Å². The maximum atomic E-state index is 14.7. The van der Waals surface area contributed by atoms with Crippen molar-refractivity contribution in [2.24, 2.45) is 0 Å². The average Bonchev–Trinajstić information content (AvgIpc) is 3.06. The first kappa shape index (κ1) is 35.6. The summed E-state index contributed by atoms with van der Waals surface area (Å²) in [6.45, 7) is 2.77. The Hall–Kier alpha value is -4.25. The molecule has 1 atom stereocenters. The van der Waals surface area contributed by atoms with Crippen molar-refractivity contribution in [3.63, 3.8) is 0 Å². The van der Waals surface area contributed by atoms with Crippen molar-refractivity contribution >= 4 is 50.7 Å². The van der Waals surface area contributed by atoms with Crippen molar-refractivity contribution in [2.75, 3.05) is 25.1 Å². The number of halogens is 2. The number of nitrogens with zero attached hydrogens (tertiary/aromatic N) is 2. The maximum Gasteiger partial charge on any atom is 0.264 e. The monoisotopic (exact) mass is 697 g/mol. The van der Waals surface area contributed by atoms with Crippen LogP contribution >= 0.6 is 23.2 Å². The SMILES string of the molecule is COc1ccc(OC)c(N(CC(=O)N(Cc2c(Cl)cccc2Cl)[C@H](Cc2ccccc2)C(=O)NC(C)C)S(=O)(=O)c2ccccc2)c1. The van der Waals surface area contributed by atoms with Crippen LogP contribution in [0.15, 0.2) is 102 Å². The van der Waals surface area contributed by atoms with Gasteiger partial charge in [-0.1, -0.05) is 77.8 Å². The Kier molecular flexibility index (Phi) is 12.1. The van der Waals surface area contributed by atoms with Gasteiger partial charge < -0.3 is 19.7 Å². The number of methoxy groups -OCH3 is 2. The predicted molar refractivity (Wildman–Crippen MR) is 185 cm³/mol. The zero-order valence-corrected chi connectivity index (χ0v) is 28.9. The highest BCUT2D eigenvalue weighted by atomic mass is 35.5. The van der Waals surface area contributed by atoms with E-state index in [1.807, 2.05) is 44.2 Å². The Labute approximate surface area is 286 Å². The number of anilines is 1. The summed E-state index contributed by atoms with van der Waals surface area (Å²) >= 11 is 13.1. The number of hydrogen-bond acceptors (Lipinski definition) is 6. The molecule has 12 heteroatoms. The van der Waals surface area contributed by atoms with Crippen molar-refractivity contribution in [1.29, 1.82) is 0 Å². The Morgan fingerprint density at radius 2 is 1.45 bits per heavy atom. The van der Waals surface area contributed by atoms with Gasteiger partial charge >= 0.3 is 0 Å². The molecule has 9 nitrogen and oxygen atoms in total. The fourth-order valence-corrected chi connectivity index (χ4v) is 6.97. The second-order valence-corrected chi connectivity index (χ2v) is 13.6. The minimum atomic E-state index is -4.36. The highest BCUT2D eigenvalue weighted by Gasteiger charge is 2.36. The Morgan fingerprint density at radius 1 is 0.830 bits per heavy atom. The normalized spacial score (nSPS) is 11.9. The van der Waals surface area contributed by atoms with E-state index < -0.39 is 34.4 Å². The van der Waals surface area contributed by atoms with Crippen LogP contribution in [0.1, 0.15) is 25.0 Å². The minimum absolute atomic E-state index is 0.0447. The zero-order valence-electron chi connectivity index (χ0n) is 26.5. The lowest BCUT2D eigenvalue weighted by Gasteiger charge is -2.34. The molecule has 0 aliphatic carbocycles. The standard InChI is InChI=1S/C35H37Cl2N3O6S/c1-24(2)38-35(42)32(20-25-12-7-5-8-13-25)39(22-28-29(36)16-11-17-30(28)37)34(41)23-40(47(43,44)27-14-9-6-10-15-27)31-21-26(45-3)18-19-33(31)46-4/h5-19,21,24,32H,20,22-23H2,1-4H3,(H,38,42)/t32-/m1/s1. The molecular weight excluding hydrogens is 661 g/mol. The summed E-state index contributed by atoms with van der Waals surface area (Å²) < 4.78 is 40.5. The molecule has 0 saturated carbocycles. The lowest BCUT2D eigenvalue weighted by molar-refractivity contribution is -0.140. The van der Waals surface area contributed by atoms with Gasteiger partial charge in [0.2, 0.25) is 11.8 Å². The highest BCUT2D eigenvalue weighted by Crippen LogP contribution is 2.36. The molecule has 0 heterocycles. The van der Waals surface area contributed by atoms with E-state index in [2.05, 4.69) is 5.32 Å². The van der Waals surface area contributed by atoms with E-state index in [1.165, 1.54) is 37.3 Å². The van der Waals surface area contributed by atoms with Crippen molar-refractivity contribution in [3.8, 4) is 11.5 Å². The van der Waals surface area contributed by atoms with Crippen molar-refractivity contribution in [2.45, 2.75) is 43.8 Å². The third-order valence-corrected chi connectivity index (χ3v) is 9.84.